The number of aromatic amines is 1. The zero-order chi connectivity index (χ0) is 26.8. The molecule has 7 nitrogen and oxygen atoms in total. The molecule has 1 fully saturated rings. The van der Waals surface area contributed by atoms with Crippen LogP contribution in [0, 0.1) is 11.8 Å². The van der Waals surface area contributed by atoms with Crippen molar-refractivity contribution in [3.8, 4) is 11.5 Å². The van der Waals surface area contributed by atoms with E-state index in [1.165, 1.54) is 0 Å². The van der Waals surface area contributed by atoms with Gasteiger partial charge in [-0.05, 0) is 68.6 Å². The normalized spacial score (nSPS) is 17.4. The molecule has 1 saturated heterocycles. The molecule has 0 spiro atoms. The van der Waals surface area contributed by atoms with Crippen molar-refractivity contribution in [1.29, 1.82) is 0 Å². The summed E-state index contributed by atoms with van der Waals surface area (Å²) in [7, 11) is 0. The van der Waals surface area contributed by atoms with Gasteiger partial charge >= 0.3 is 5.97 Å². The van der Waals surface area contributed by atoms with Crippen molar-refractivity contribution in [3.63, 3.8) is 0 Å². The van der Waals surface area contributed by atoms with E-state index in [0.29, 0.717) is 24.1 Å². The van der Waals surface area contributed by atoms with Crippen molar-refractivity contribution < 1.29 is 19.0 Å². The maximum atomic E-state index is 12.0. The average Bonchev–Trinajstić information content (AvgIpc) is 3.29. The largest absolute Gasteiger partial charge is 0.488 e. The first-order chi connectivity index (χ1) is 18.3. The number of H-pyrrole nitrogens is 1. The predicted octanol–water partition coefficient (Wildman–Crippen LogP) is 6.61. The molecule has 0 saturated carbocycles. The van der Waals surface area contributed by atoms with Gasteiger partial charge in [0.1, 0.15) is 24.2 Å². The quantitative estimate of drug-likeness (QED) is 0.314. The van der Waals surface area contributed by atoms with Gasteiger partial charge < -0.3 is 14.2 Å². The molecule has 3 heterocycles. The lowest BCUT2D eigenvalue weighted by atomic mass is 9.96. The summed E-state index contributed by atoms with van der Waals surface area (Å²) in [6.45, 7) is 9.35. The minimum atomic E-state index is -0.175. The molecule has 0 amide bonds. The Morgan fingerprint density at radius 2 is 1.97 bits per heavy atom. The van der Waals surface area contributed by atoms with Crippen LogP contribution in [0.25, 0.3) is 15.9 Å². The maximum Gasteiger partial charge on any atom is 0.309 e. The van der Waals surface area contributed by atoms with Gasteiger partial charge in [0.2, 0.25) is 0 Å². The molecule has 2 aromatic carbocycles. The SMILES string of the molecule is CCOC(=O)C1CCN(CC2=C(Cl)c3ccc(OC(c4ccc5[nH]nc(Cl)c5c4)C(C)C)cc3OC2)CC1. The second-order valence-electron chi connectivity index (χ2n) is 10.3. The van der Waals surface area contributed by atoms with Crippen LogP contribution in [0.2, 0.25) is 5.15 Å². The highest BCUT2D eigenvalue weighted by molar-refractivity contribution is 6.49. The van der Waals surface area contributed by atoms with Gasteiger partial charge in [-0.15, -0.1) is 0 Å². The Kier molecular flexibility index (Phi) is 8.17. The van der Waals surface area contributed by atoms with E-state index in [-0.39, 0.29) is 23.9 Å². The Morgan fingerprint density at radius 1 is 1.18 bits per heavy atom. The van der Waals surface area contributed by atoms with E-state index in [0.717, 1.165) is 70.9 Å². The van der Waals surface area contributed by atoms with Crippen LogP contribution in [-0.2, 0) is 9.53 Å². The van der Waals surface area contributed by atoms with Crippen LogP contribution in [0.1, 0.15) is 50.8 Å². The van der Waals surface area contributed by atoms with Crippen LogP contribution in [0.3, 0.4) is 0 Å². The first-order valence-corrected chi connectivity index (χ1v) is 13.9. The van der Waals surface area contributed by atoms with Gasteiger partial charge in [0.15, 0.2) is 5.15 Å². The first kappa shape index (κ1) is 26.9. The molecule has 1 atom stereocenters. The zero-order valence-corrected chi connectivity index (χ0v) is 23.4. The van der Waals surface area contributed by atoms with Crippen LogP contribution in [0.15, 0.2) is 42.0 Å². The van der Waals surface area contributed by atoms with Gasteiger partial charge in [-0.2, -0.15) is 5.10 Å². The smallest absolute Gasteiger partial charge is 0.309 e. The summed E-state index contributed by atoms with van der Waals surface area (Å²) >= 11 is 13.1. The number of halogens is 2. The van der Waals surface area contributed by atoms with Gasteiger partial charge in [0.25, 0.3) is 0 Å². The highest BCUT2D eigenvalue weighted by atomic mass is 35.5. The topological polar surface area (TPSA) is 76.7 Å². The van der Waals surface area contributed by atoms with Crippen LogP contribution in [0.4, 0.5) is 0 Å². The number of fused-ring (bicyclic) bond motifs is 2. The van der Waals surface area contributed by atoms with Crippen molar-refractivity contribution >= 4 is 45.1 Å². The maximum absolute atomic E-state index is 12.0. The van der Waals surface area contributed by atoms with Crippen molar-refractivity contribution in [3.05, 3.63) is 58.3 Å². The molecule has 202 valence electrons. The Balaban J connectivity index is 1.28. The molecule has 1 N–H and O–H groups in total. The minimum Gasteiger partial charge on any atom is -0.488 e. The van der Waals surface area contributed by atoms with E-state index < -0.39 is 0 Å². The lowest BCUT2D eigenvalue weighted by molar-refractivity contribution is -0.149. The fourth-order valence-electron chi connectivity index (χ4n) is 5.18. The molecular formula is C29H33Cl2N3O4. The molecule has 0 bridgehead atoms. The number of nitrogens with one attached hydrogen (secondary N) is 1. The highest BCUT2D eigenvalue weighted by Crippen LogP contribution is 2.40. The molecule has 0 aliphatic carbocycles. The lowest BCUT2D eigenvalue weighted by Gasteiger charge is -2.32. The standard InChI is InChI=1S/C29H33Cl2N3O4/c1-4-36-29(35)18-9-11-34(12-10-18)15-20-16-37-25-14-21(6-7-22(25)26(20)30)38-27(17(2)3)19-5-8-24-23(13-19)28(31)33-32-24/h5-8,13-14,17-18,27H,4,9-12,15-16H2,1-3H3,(H,32,33). The number of hydrogen-bond acceptors (Lipinski definition) is 6. The monoisotopic (exact) mass is 557 g/mol. The molecule has 1 unspecified atom stereocenters. The van der Waals surface area contributed by atoms with Crippen molar-refractivity contribution in [2.75, 3.05) is 32.8 Å². The highest BCUT2D eigenvalue weighted by Gasteiger charge is 2.28. The minimum absolute atomic E-state index is 0.00865. The summed E-state index contributed by atoms with van der Waals surface area (Å²) in [5.41, 5.74) is 3.84. The number of aromatic nitrogens is 2. The third-order valence-electron chi connectivity index (χ3n) is 7.26. The van der Waals surface area contributed by atoms with Crippen LogP contribution in [0.5, 0.6) is 11.5 Å². The number of carbonyl (C=O) groups excluding carboxylic acids is 1. The Bertz CT molecular complexity index is 1340. The molecule has 38 heavy (non-hydrogen) atoms. The number of hydrogen-bond donors (Lipinski definition) is 1. The fourth-order valence-corrected chi connectivity index (χ4v) is 5.65. The summed E-state index contributed by atoms with van der Waals surface area (Å²) in [5.74, 6) is 1.56. The molecule has 1 aromatic heterocycles. The number of nitrogens with zero attached hydrogens (tertiary/aromatic N) is 2. The third-order valence-corrected chi connectivity index (χ3v) is 8.02. The number of rotatable bonds is 8. The summed E-state index contributed by atoms with van der Waals surface area (Å²) in [5, 5.41) is 9.07. The summed E-state index contributed by atoms with van der Waals surface area (Å²) in [6, 6.07) is 11.9. The molecule has 2 aliphatic heterocycles. The second-order valence-corrected chi connectivity index (χ2v) is 11.0. The molecular weight excluding hydrogens is 525 g/mol. The van der Waals surface area contributed by atoms with Gasteiger partial charge in [-0.1, -0.05) is 43.1 Å². The Morgan fingerprint density at radius 3 is 2.71 bits per heavy atom. The fraction of sp³-hybridized carbons (Fsp3) is 0.448. The van der Waals surface area contributed by atoms with E-state index in [2.05, 4.69) is 28.9 Å². The second kappa shape index (κ2) is 11.6. The van der Waals surface area contributed by atoms with Gasteiger partial charge in [-0.25, -0.2) is 0 Å². The van der Waals surface area contributed by atoms with Crippen molar-refractivity contribution in [2.24, 2.45) is 11.8 Å². The van der Waals surface area contributed by atoms with Gasteiger partial charge in [0, 0.05) is 29.1 Å². The van der Waals surface area contributed by atoms with Gasteiger partial charge in [-0.3, -0.25) is 14.8 Å². The number of ether oxygens (including phenoxy) is 3. The van der Waals surface area contributed by atoms with E-state index in [9.17, 15) is 4.79 Å². The molecule has 9 heteroatoms. The third kappa shape index (κ3) is 5.65. The lowest BCUT2D eigenvalue weighted by Crippen LogP contribution is -2.38. The average molecular weight is 559 g/mol. The number of likely N-dealkylation sites (tertiary alicyclic amines) is 1. The van der Waals surface area contributed by atoms with Crippen LogP contribution < -0.4 is 9.47 Å². The van der Waals surface area contributed by atoms with E-state index in [1.54, 1.807) is 0 Å². The van der Waals surface area contributed by atoms with Crippen molar-refractivity contribution in [1.82, 2.24) is 15.1 Å². The van der Waals surface area contributed by atoms with Crippen LogP contribution in [-0.4, -0.2) is 53.9 Å². The van der Waals surface area contributed by atoms with Crippen LogP contribution >= 0.6 is 23.2 Å². The van der Waals surface area contributed by atoms with E-state index in [4.69, 9.17) is 37.4 Å². The number of piperidine rings is 1. The molecule has 5 rings (SSSR count). The van der Waals surface area contributed by atoms with E-state index in [1.807, 2.05) is 43.3 Å². The zero-order valence-electron chi connectivity index (χ0n) is 21.9. The van der Waals surface area contributed by atoms with E-state index >= 15 is 0 Å². The number of esters is 1. The Hall–Kier alpha value is -2.74. The summed E-state index contributed by atoms with van der Waals surface area (Å²) in [4.78, 5) is 14.4. The van der Waals surface area contributed by atoms with Gasteiger partial charge in [0.05, 0.1) is 23.1 Å². The number of benzene rings is 2. The molecule has 2 aliphatic rings. The summed E-state index contributed by atoms with van der Waals surface area (Å²) in [6.07, 6.45) is 1.43. The van der Waals surface area contributed by atoms with Crippen molar-refractivity contribution in [2.45, 2.75) is 39.7 Å². The molecule has 3 aromatic rings. The molecule has 0 radical (unpaired) electrons. The summed E-state index contributed by atoms with van der Waals surface area (Å²) < 4.78 is 17.8. The first-order valence-electron chi connectivity index (χ1n) is 13.2. The number of carbonyl (C=O) groups is 1. The predicted molar refractivity (Wildman–Crippen MR) is 150 cm³/mol. The Labute approximate surface area is 233 Å².